The van der Waals surface area contributed by atoms with Crippen molar-refractivity contribution < 1.29 is 23.9 Å². The van der Waals surface area contributed by atoms with Crippen LogP contribution in [0.2, 0.25) is 5.02 Å². The Labute approximate surface area is 175 Å². The Bertz CT molecular complexity index is 826. The number of benzene rings is 1. The number of ether oxygens (including phenoxy) is 2. The minimum Gasteiger partial charge on any atom is -0.450 e. The Hall–Kier alpha value is -2.54. The molecule has 156 valence electrons. The number of amides is 2. The summed E-state index contributed by atoms with van der Waals surface area (Å²) < 4.78 is 10.7. The summed E-state index contributed by atoms with van der Waals surface area (Å²) in [4.78, 5) is 38.7. The van der Waals surface area contributed by atoms with Gasteiger partial charge in [0, 0.05) is 43.1 Å². The molecule has 0 bridgehead atoms. The summed E-state index contributed by atoms with van der Waals surface area (Å²) in [5, 5.41) is 3.56. The van der Waals surface area contributed by atoms with E-state index < -0.39 is 11.6 Å². The zero-order valence-electron chi connectivity index (χ0n) is 16.6. The molecule has 2 aliphatic rings. The fourth-order valence-electron chi connectivity index (χ4n) is 3.80. The van der Waals surface area contributed by atoms with Gasteiger partial charge in [0.25, 0.3) is 5.91 Å². The highest BCUT2D eigenvalue weighted by molar-refractivity contribution is 6.30. The number of piperidine rings is 1. The highest BCUT2D eigenvalue weighted by Crippen LogP contribution is 2.41. The Morgan fingerprint density at radius 2 is 1.90 bits per heavy atom. The van der Waals surface area contributed by atoms with Gasteiger partial charge in [-0.2, -0.15) is 0 Å². The zero-order valence-corrected chi connectivity index (χ0v) is 17.4. The van der Waals surface area contributed by atoms with E-state index in [1.54, 1.807) is 30.9 Å². The molecule has 1 aromatic rings. The normalized spacial score (nSPS) is 18.0. The van der Waals surface area contributed by atoms with Crippen molar-refractivity contribution in [3.05, 3.63) is 46.0 Å². The number of hydrogen-bond acceptors (Lipinski definition) is 5. The number of rotatable bonds is 5. The first-order valence-electron chi connectivity index (χ1n) is 9.75. The van der Waals surface area contributed by atoms with Crippen molar-refractivity contribution in [1.29, 1.82) is 0 Å². The van der Waals surface area contributed by atoms with Crippen LogP contribution in [0.5, 0.6) is 0 Å². The summed E-state index contributed by atoms with van der Waals surface area (Å²) in [6, 6.07) is 7.43. The Morgan fingerprint density at radius 3 is 2.52 bits per heavy atom. The number of halogens is 1. The smallest absolute Gasteiger partial charge is 0.409 e. The first-order chi connectivity index (χ1) is 13.9. The fourth-order valence-corrected chi connectivity index (χ4v) is 3.93. The number of hydrogen-bond donors (Lipinski definition) is 1. The molecule has 2 amide bonds. The summed E-state index contributed by atoms with van der Waals surface area (Å²) in [6.45, 7) is 4.82. The number of carbonyl (C=O) groups is 3. The molecule has 0 unspecified atom stereocenters. The van der Waals surface area contributed by atoms with Crippen LogP contribution in [0.4, 0.5) is 4.79 Å². The third kappa shape index (κ3) is 4.56. The maximum atomic E-state index is 12.9. The van der Waals surface area contributed by atoms with E-state index in [0.29, 0.717) is 61.7 Å². The minimum absolute atomic E-state index is 0.299. The Morgan fingerprint density at radius 1 is 1.24 bits per heavy atom. The lowest BCUT2D eigenvalue weighted by atomic mass is 9.83. The van der Waals surface area contributed by atoms with E-state index in [1.807, 2.05) is 12.1 Å². The summed E-state index contributed by atoms with van der Waals surface area (Å²) in [7, 11) is 0. The number of nitrogens with zero attached hydrogens (tertiary/aromatic N) is 1. The van der Waals surface area contributed by atoms with Crippen LogP contribution < -0.4 is 5.32 Å². The predicted octanol–water partition coefficient (Wildman–Crippen LogP) is 2.86. The third-order valence-corrected chi connectivity index (χ3v) is 5.61. The molecule has 2 heterocycles. The summed E-state index contributed by atoms with van der Waals surface area (Å²) in [5.74, 6) is -0.774. The second kappa shape index (κ2) is 8.86. The summed E-state index contributed by atoms with van der Waals surface area (Å²) >= 11 is 5.89. The van der Waals surface area contributed by atoms with Gasteiger partial charge in [0.1, 0.15) is 5.60 Å². The van der Waals surface area contributed by atoms with Gasteiger partial charge in [-0.3, -0.25) is 4.79 Å². The van der Waals surface area contributed by atoms with E-state index in [0.717, 1.165) is 5.56 Å². The fraction of sp³-hybridized carbons (Fsp3) is 0.476. The molecule has 1 spiro atoms. The molecule has 0 aromatic heterocycles. The van der Waals surface area contributed by atoms with Crippen LogP contribution in [0.15, 0.2) is 35.4 Å². The van der Waals surface area contributed by atoms with Gasteiger partial charge < -0.3 is 19.7 Å². The zero-order chi connectivity index (χ0) is 21.0. The largest absolute Gasteiger partial charge is 0.450 e. The second-order valence-corrected chi connectivity index (χ2v) is 7.64. The van der Waals surface area contributed by atoms with Crippen molar-refractivity contribution in [3.63, 3.8) is 0 Å². The van der Waals surface area contributed by atoms with Crippen molar-refractivity contribution in [2.75, 3.05) is 26.2 Å². The van der Waals surface area contributed by atoms with E-state index in [2.05, 4.69) is 5.32 Å². The molecular weight excluding hydrogens is 396 g/mol. The van der Waals surface area contributed by atoms with Gasteiger partial charge in [0.2, 0.25) is 0 Å². The average Bonchev–Trinajstić information content (AvgIpc) is 2.93. The van der Waals surface area contributed by atoms with Crippen LogP contribution in [0.1, 0.15) is 32.3 Å². The summed E-state index contributed by atoms with van der Waals surface area (Å²) in [6.07, 6.45) is 0.999. The van der Waals surface area contributed by atoms with Gasteiger partial charge in [-0.05, 0) is 38.0 Å². The number of nitrogens with one attached hydrogen (secondary N) is 1. The maximum Gasteiger partial charge on any atom is 0.409 e. The SMILES string of the molecule is CCOC(=O)N1CCC2(CC1)OC(=O)C(C)=C2C(=O)NCCc1ccc(Cl)cc1. The Kier molecular flexibility index (Phi) is 6.47. The molecule has 2 aliphatic heterocycles. The predicted molar refractivity (Wildman–Crippen MR) is 108 cm³/mol. The monoisotopic (exact) mass is 420 g/mol. The molecule has 1 saturated heterocycles. The molecule has 1 N–H and O–H groups in total. The molecule has 7 nitrogen and oxygen atoms in total. The standard InChI is InChI=1S/C21H25ClN2O5/c1-3-28-20(27)24-12-9-21(10-13-24)17(14(2)19(26)29-21)18(25)23-11-8-15-4-6-16(22)7-5-15/h4-7H,3,8-13H2,1-2H3,(H,23,25). The van der Waals surface area contributed by atoms with Gasteiger partial charge in [-0.15, -0.1) is 0 Å². The highest BCUT2D eigenvalue weighted by atomic mass is 35.5. The first kappa shape index (κ1) is 21.2. The van der Waals surface area contributed by atoms with Crippen molar-refractivity contribution in [2.24, 2.45) is 0 Å². The van der Waals surface area contributed by atoms with Crippen LogP contribution in [0.3, 0.4) is 0 Å². The number of likely N-dealkylation sites (tertiary alicyclic amines) is 1. The Balaban J connectivity index is 1.64. The number of carbonyl (C=O) groups excluding carboxylic acids is 3. The van der Waals surface area contributed by atoms with Crippen LogP contribution in [0, 0.1) is 0 Å². The molecule has 1 fully saturated rings. The average molecular weight is 421 g/mol. The van der Waals surface area contributed by atoms with E-state index >= 15 is 0 Å². The quantitative estimate of drug-likeness (QED) is 0.740. The van der Waals surface area contributed by atoms with Crippen molar-refractivity contribution >= 4 is 29.6 Å². The van der Waals surface area contributed by atoms with E-state index in [1.165, 1.54) is 0 Å². The van der Waals surface area contributed by atoms with Crippen LogP contribution in [0.25, 0.3) is 0 Å². The van der Waals surface area contributed by atoms with Gasteiger partial charge in [-0.25, -0.2) is 9.59 Å². The van der Waals surface area contributed by atoms with Crippen molar-refractivity contribution in [1.82, 2.24) is 10.2 Å². The molecule has 3 rings (SSSR count). The van der Waals surface area contributed by atoms with E-state index in [9.17, 15) is 14.4 Å². The lowest BCUT2D eigenvalue weighted by Crippen LogP contribution is -2.50. The molecule has 0 saturated carbocycles. The van der Waals surface area contributed by atoms with Gasteiger partial charge in [-0.1, -0.05) is 23.7 Å². The van der Waals surface area contributed by atoms with E-state index in [-0.39, 0.29) is 12.0 Å². The van der Waals surface area contributed by atoms with Gasteiger partial charge in [0.15, 0.2) is 0 Å². The molecule has 0 aliphatic carbocycles. The maximum absolute atomic E-state index is 12.9. The third-order valence-electron chi connectivity index (χ3n) is 5.36. The summed E-state index contributed by atoms with van der Waals surface area (Å²) in [5.41, 5.74) is 0.784. The molecule has 1 aromatic carbocycles. The van der Waals surface area contributed by atoms with E-state index in [4.69, 9.17) is 21.1 Å². The highest BCUT2D eigenvalue weighted by Gasteiger charge is 2.51. The van der Waals surface area contributed by atoms with Crippen LogP contribution in [-0.2, 0) is 25.5 Å². The second-order valence-electron chi connectivity index (χ2n) is 7.20. The van der Waals surface area contributed by atoms with Gasteiger partial charge in [0.05, 0.1) is 12.2 Å². The van der Waals surface area contributed by atoms with Crippen molar-refractivity contribution in [3.8, 4) is 0 Å². The molecule has 8 heteroatoms. The van der Waals surface area contributed by atoms with Crippen LogP contribution in [-0.4, -0.2) is 54.7 Å². The van der Waals surface area contributed by atoms with Crippen LogP contribution >= 0.6 is 11.6 Å². The lowest BCUT2D eigenvalue weighted by Gasteiger charge is -2.38. The minimum atomic E-state index is -0.978. The lowest BCUT2D eigenvalue weighted by molar-refractivity contribution is -0.150. The number of esters is 1. The molecule has 0 atom stereocenters. The molecule has 0 radical (unpaired) electrons. The first-order valence-corrected chi connectivity index (χ1v) is 10.1. The molecule has 29 heavy (non-hydrogen) atoms. The molecular formula is C21H25ClN2O5. The van der Waals surface area contributed by atoms with Crippen molar-refractivity contribution in [2.45, 2.75) is 38.7 Å². The topological polar surface area (TPSA) is 84.9 Å². The van der Waals surface area contributed by atoms with Gasteiger partial charge >= 0.3 is 12.1 Å².